The second-order valence-electron chi connectivity index (χ2n) is 5.09. The van der Waals surface area contributed by atoms with E-state index in [1.807, 2.05) is 6.92 Å². The molecule has 6 heteroatoms. The van der Waals surface area contributed by atoms with Crippen molar-refractivity contribution in [2.24, 2.45) is 0 Å². The van der Waals surface area contributed by atoms with E-state index in [-0.39, 0.29) is 4.90 Å². The van der Waals surface area contributed by atoms with Crippen LogP contribution < -0.4 is 4.72 Å². The maximum Gasteiger partial charge on any atom is 0.328 e. The fourth-order valence-corrected chi connectivity index (χ4v) is 2.99. The molecule has 0 aromatic heterocycles. The van der Waals surface area contributed by atoms with Gasteiger partial charge in [0.2, 0.25) is 10.0 Å². The third-order valence-corrected chi connectivity index (χ3v) is 4.58. The van der Waals surface area contributed by atoms with E-state index in [1.54, 1.807) is 26.0 Å². The van der Waals surface area contributed by atoms with Gasteiger partial charge in [-0.05, 0) is 44.0 Å². The van der Waals surface area contributed by atoms with Gasteiger partial charge in [-0.3, -0.25) is 0 Å². The fourth-order valence-electron chi connectivity index (χ4n) is 1.45. The van der Waals surface area contributed by atoms with Crippen molar-refractivity contribution in [3.05, 3.63) is 35.9 Å². The highest BCUT2D eigenvalue weighted by Gasteiger charge is 2.24. The third kappa shape index (κ3) is 4.79. The molecule has 0 atom stereocenters. The predicted molar refractivity (Wildman–Crippen MR) is 77.8 cm³/mol. The summed E-state index contributed by atoms with van der Waals surface area (Å²) in [5, 5.41) is 8.57. The summed E-state index contributed by atoms with van der Waals surface area (Å²) in [6.45, 7) is 5.51. The van der Waals surface area contributed by atoms with Gasteiger partial charge in [-0.15, -0.1) is 0 Å². The molecule has 1 aromatic carbocycles. The van der Waals surface area contributed by atoms with Crippen molar-refractivity contribution >= 4 is 22.1 Å². The van der Waals surface area contributed by atoms with Crippen LogP contribution in [0.15, 0.2) is 35.2 Å². The second kappa shape index (κ2) is 6.19. The Balaban J connectivity index is 3.08. The van der Waals surface area contributed by atoms with Crippen LogP contribution >= 0.6 is 0 Å². The molecule has 0 aliphatic rings. The maximum atomic E-state index is 12.2. The lowest BCUT2D eigenvalue weighted by molar-refractivity contribution is -0.131. The molecular formula is C14H19NO4S. The molecule has 0 spiro atoms. The Morgan fingerprint density at radius 1 is 1.40 bits per heavy atom. The number of rotatable bonds is 6. The van der Waals surface area contributed by atoms with Gasteiger partial charge >= 0.3 is 5.97 Å². The van der Waals surface area contributed by atoms with Crippen LogP contribution in [0.4, 0.5) is 0 Å². The first kappa shape index (κ1) is 16.4. The molecule has 0 amide bonds. The van der Waals surface area contributed by atoms with Crippen molar-refractivity contribution in [2.45, 2.75) is 37.6 Å². The number of hydrogen-bond donors (Lipinski definition) is 2. The molecule has 0 heterocycles. The number of aliphatic carboxylic acids is 1. The first-order chi connectivity index (χ1) is 9.16. The lowest BCUT2D eigenvalue weighted by Crippen LogP contribution is -2.42. The second-order valence-corrected chi connectivity index (χ2v) is 6.77. The summed E-state index contributed by atoms with van der Waals surface area (Å²) in [7, 11) is -3.62. The van der Waals surface area contributed by atoms with E-state index in [0.717, 1.165) is 6.08 Å². The molecule has 0 aliphatic carbocycles. The Hall–Kier alpha value is -1.66. The van der Waals surface area contributed by atoms with Crippen molar-refractivity contribution in [1.29, 1.82) is 0 Å². The minimum atomic E-state index is -3.62. The zero-order valence-electron chi connectivity index (χ0n) is 11.8. The summed E-state index contributed by atoms with van der Waals surface area (Å²) in [4.78, 5) is 10.6. The number of nitrogens with one attached hydrogen (secondary N) is 1. The largest absolute Gasteiger partial charge is 0.478 e. The van der Waals surface area contributed by atoms with E-state index in [1.165, 1.54) is 18.2 Å². The molecule has 0 bridgehead atoms. The lowest BCUT2D eigenvalue weighted by Gasteiger charge is -2.24. The van der Waals surface area contributed by atoms with Gasteiger partial charge in [-0.2, -0.15) is 0 Å². The summed E-state index contributed by atoms with van der Waals surface area (Å²) < 4.78 is 27.1. The van der Waals surface area contributed by atoms with Crippen molar-refractivity contribution in [3.8, 4) is 0 Å². The molecule has 110 valence electrons. The van der Waals surface area contributed by atoms with Crippen LogP contribution in [0.1, 0.15) is 32.8 Å². The van der Waals surface area contributed by atoms with Crippen LogP contribution in [0.5, 0.6) is 0 Å². The van der Waals surface area contributed by atoms with E-state index >= 15 is 0 Å². The highest BCUT2D eigenvalue weighted by molar-refractivity contribution is 7.89. The smallest absolute Gasteiger partial charge is 0.328 e. The predicted octanol–water partition coefficient (Wildman–Crippen LogP) is 2.25. The van der Waals surface area contributed by atoms with E-state index in [0.29, 0.717) is 12.0 Å². The Morgan fingerprint density at radius 2 is 2.05 bits per heavy atom. The van der Waals surface area contributed by atoms with Crippen LogP contribution in [-0.4, -0.2) is 25.0 Å². The van der Waals surface area contributed by atoms with Crippen LogP contribution in [0.25, 0.3) is 6.08 Å². The third-order valence-electron chi connectivity index (χ3n) is 2.88. The SMILES string of the molecule is CCC(C)(C)NS(=O)(=O)c1cccc(C=CC(=O)O)c1. The summed E-state index contributed by atoms with van der Waals surface area (Å²) >= 11 is 0. The number of hydrogen-bond acceptors (Lipinski definition) is 3. The normalized spacial score (nSPS) is 12.8. The van der Waals surface area contributed by atoms with Crippen LogP contribution in [0, 0.1) is 0 Å². The highest BCUT2D eigenvalue weighted by Crippen LogP contribution is 2.17. The number of sulfonamides is 1. The quantitative estimate of drug-likeness (QED) is 0.789. The standard InChI is InChI=1S/C14H19NO4S/c1-4-14(2,3)15-20(18,19)12-7-5-6-11(10-12)8-9-13(16)17/h5-10,15H,4H2,1-3H3,(H,16,17). The van der Waals surface area contributed by atoms with E-state index in [2.05, 4.69) is 4.72 Å². The molecular weight excluding hydrogens is 278 g/mol. The lowest BCUT2D eigenvalue weighted by atomic mass is 10.0. The van der Waals surface area contributed by atoms with Gasteiger partial charge in [-0.1, -0.05) is 19.1 Å². The number of carbonyl (C=O) groups is 1. The van der Waals surface area contributed by atoms with Gasteiger partial charge in [0.15, 0.2) is 0 Å². The van der Waals surface area contributed by atoms with Gasteiger partial charge in [-0.25, -0.2) is 17.9 Å². The first-order valence-corrected chi connectivity index (χ1v) is 7.70. The van der Waals surface area contributed by atoms with Crippen LogP contribution in [-0.2, 0) is 14.8 Å². The van der Waals surface area contributed by atoms with Crippen molar-refractivity contribution in [2.75, 3.05) is 0 Å². The Morgan fingerprint density at radius 3 is 2.60 bits per heavy atom. The average Bonchev–Trinajstić information content (AvgIpc) is 2.35. The molecule has 0 radical (unpaired) electrons. The zero-order chi connectivity index (χ0) is 15.4. The fraction of sp³-hybridized carbons (Fsp3) is 0.357. The van der Waals surface area contributed by atoms with E-state index < -0.39 is 21.5 Å². The molecule has 2 N–H and O–H groups in total. The highest BCUT2D eigenvalue weighted by atomic mass is 32.2. The minimum Gasteiger partial charge on any atom is -0.478 e. The molecule has 5 nitrogen and oxygen atoms in total. The van der Waals surface area contributed by atoms with Gasteiger partial charge in [0.05, 0.1) is 4.90 Å². The van der Waals surface area contributed by atoms with Crippen molar-refractivity contribution < 1.29 is 18.3 Å². The molecule has 0 saturated carbocycles. The number of carboxylic acid groups (broad SMARTS) is 1. The van der Waals surface area contributed by atoms with Crippen molar-refractivity contribution in [1.82, 2.24) is 4.72 Å². The molecule has 0 unspecified atom stereocenters. The minimum absolute atomic E-state index is 0.117. The van der Waals surface area contributed by atoms with Crippen LogP contribution in [0.3, 0.4) is 0 Å². The van der Waals surface area contributed by atoms with E-state index in [9.17, 15) is 13.2 Å². The van der Waals surface area contributed by atoms with Crippen LogP contribution in [0.2, 0.25) is 0 Å². The van der Waals surface area contributed by atoms with Gasteiger partial charge in [0, 0.05) is 11.6 Å². The molecule has 0 fully saturated rings. The summed E-state index contributed by atoms with van der Waals surface area (Å²) in [5.74, 6) is -1.08. The molecule has 0 aliphatic heterocycles. The van der Waals surface area contributed by atoms with Crippen molar-refractivity contribution in [3.63, 3.8) is 0 Å². The number of carboxylic acids is 1. The summed E-state index contributed by atoms with van der Waals surface area (Å²) in [6, 6.07) is 6.14. The first-order valence-electron chi connectivity index (χ1n) is 6.21. The molecule has 20 heavy (non-hydrogen) atoms. The zero-order valence-corrected chi connectivity index (χ0v) is 12.6. The Bertz CT molecular complexity index is 618. The van der Waals surface area contributed by atoms with Gasteiger partial charge in [0.25, 0.3) is 0 Å². The van der Waals surface area contributed by atoms with E-state index in [4.69, 9.17) is 5.11 Å². The molecule has 1 aromatic rings. The molecule has 0 saturated heterocycles. The average molecular weight is 297 g/mol. The summed E-state index contributed by atoms with van der Waals surface area (Å²) in [6.07, 6.45) is 2.98. The summed E-state index contributed by atoms with van der Waals surface area (Å²) in [5.41, 5.74) is -0.0178. The van der Waals surface area contributed by atoms with Gasteiger partial charge < -0.3 is 5.11 Å². The Labute approximate surface area is 119 Å². The molecule has 1 rings (SSSR count). The maximum absolute atomic E-state index is 12.2. The van der Waals surface area contributed by atoms with Gasteiger partial charge in [0.1, 0.15) is 0 Å². The topological polar surface area (TPSA) is 83.5 Å². The monoisotopic (exact) mass is 297 g/mol. The Kier molecular flexibility index (Phi) is 5.08. The number of benzene rings is 1.